The maximum absolute atomic E-state index is 3.64. The molecule has 2 aromatic rings. The molecule has 1 heterocycles. The van der Waals surface area contributed by atoms with Gasteiger partial charge in [0.15, 0.2) is 0 Å². The molecule has 0 aliphatic rings. The van der Waals surface area contributed by atoms with Crippen molar-refractivity contribution in [2.45, 2.75) is 13.0 Å². The van der Waals surface area contributed by atoms with Crippen molar-refractivity contribution in [3.05, 3.63) is 52.1 Å². The van der Waals surface area contributed by atoms with Gasteiger partial charge >= 0.3 is 0 Å². The van der Waals surface area contributed by atoms with Crippen LogP contribution in [0.2, 0.25) is 0 Å². The second kappa shape index (κ2) is 6.35. The van der Waals surface area contributed by atoms with Gasteiger partial charge < -0.3 is 5.32 Å². The van der Waals surface area contributed by atoms with E-state index in [1.807, 2.05) is 7.05 Å². The van der Waals surface area contributed by atoms with Crippen molar-refractivity contribution in [3.63, 3.8) is 0 Å². The van der Waals surface area contributed by atoms with Gasteiger partial charge in [-0.3, -0.25) is 0 Å². The van der Waals surface area contributed by atoms with E-state index in [0.717, 1.165) is 4.47 Å². The molecule has 0 bridgehead atoms. The molecule has 0 spiro atoms. The molecule has 1 atom stereocenters. The van der Waals surface area contributed by atoms with Gasteiger partial charge in [0.1, 0.15) is 0 Å². The lowest BCUT2D eigenvalue weighted by Crippen LogP contribution is -2.17. The molecule has 1 aromatic heterocycles. The quantitative estimate of drug-likeness (QED) is 0.549. The Labute approximate surface area is 142 Å². The smallest absolute Gasteiger partial charge is 0.0731 e. The van der Waals surface area contributed by atoms with Crippen LogP contribution in [0.5, 0.6) is 0 Å². The van der Waals surface area contributed by atoms with Crippen LogP contribution in [-0.2, 0) is 0 Å². The van der Waals surface area contributed by atoms with Crippen LogP contribution in [0, 0.1) is 10.5 Å². The van der Waals surface area contributed by atoms with Gasteiger partial charge in [-0.25, -0.2) is 0 Å². The van der Waals surface area contributed by atoms with E-state index in [-0.39, 0.29) is 6.04 Å². The van der Waals surface area contributed by atoms with Gasteiger partial charge in [-0.2, -0.15) is 0 Å². The van der Waals surface area contributed by atoms with Crippen LogP contribution in [0.3, 0.4) is 0 Å². The van der Waals surface area contributed by atoms with Crippen molar-refractivity contribution in [1.82, 2.24) is 5.32 Å². The molecular formula is C13H12Br2INS. The van der Waals surface area contributed by atoms with E-state index < -0.39 is 0 Å². The third-order valence-corrected chi connectivity index (χ3v) is 6.31. The predicted octanol–water partition coefficient (Wildman–Crippen LogP) is 5.49. The summed E-state index contributed by atoms with van der Waals surface area (Å²) in [5.41, 5.74) is 2.56. The molecule has 18 heavy (non-hydrogen) atoms. The first-order valence-corrected chi connectivity index (χ1v) is 8.89. The van der Waals surface area contributed by atoms with Crippen molar-refractivity contribution in [2.24, 2.45) is 0 Å². The molecule has 0 amide bonds. The topological polar surface area (TPSA) is 12.0 Å². The normalized spacial score (nSPS) is 12.7. The Balaban J connectivity index is 2.48. The Morgan fingerprint density at radius 2 is 2.00 bits per heavy atom. The minimum atomic E-state index is 0.226. The van der Waals surface area contributed by atoms with Crippen LogP contribution in [0.1, 0.15) is 22.0 Å². The lowest BCUT2D eigenvalue weighted by atomic mass is 10.1. The fraction of sp³-hybridized carbons (Fsp3) is 0.231. The second-order valence-corrected chi connectivity index (χ2v) is 8.49. The lowest BCUT2D eigenvalue weighted by Gasteiger charge is -2.17. The van der Waals surface area contributed by atoms with Crippen molar-refractivity contribution in [3.8, 4) is 0 Å². The first kappa shape index (κ1) is 15.0. The molecule has 5 heteroatoms. The monoisotopic (exact) mass is 499 g/mol. The summed E-state index contributed by atoms with van der Waals surface area (Å²) in [5, 5.41) is 3.40. The molecule has 1 nitrogen and oxygen atoms in total. The summed E-state index contributed by atoms with van der Waals surface area (Å²) in [4.78, 5) is 1.32. The molecule has 0 radical (unpaired) electrons. The molecule has 0 saturated carbocycles. The summed E-state index contributed by atoms with van der Waals surface area (Å²) in [7, 11) is 2.00. The van der Waals surface area contributed by atoms with E-state index in [2.05, 4.69) is 91.0 Å². The molecule has 0 saturated heterocycles. The average Bonchev–Trinajstić information content (AvgIpc) is 2.65. The standard InChI is InChI=1S/C13H12Br2INS/c1-7-5-11(18-13(7)15)12(17-2)9-6-8(16)3-4-10(9)14/h3-6,12,17H,1-2H3. The zero-order valence-corrected chi connectivity index (χ0v) is 16.1. The van der Waals surface area contributed by atoms with Crippen LogP contribution in [0.25, 0.3) is 0 Å². The SMILES string of the molecule is CNC(c1cc(C)c(Br)s1)c1cc(I)ccc1Br. The van der Waals surface area contributed by atoms with Gasteiger partial charge in [0, 0.05) is 12.9 Å². The number of nitrogens with one attached hydrogen (secondary N) is 1. The second-order valence-electron chi connectivity index (χ2n) is 3.99. The number of aryl methyl sites for hydroxylation is 1. The van der Waals surface area contributed by atoms with Gasteiger partial charge in [0.25, 0.3) is 0 Å². The summed E-state index contributed by atoms with van der Waals surface area (Å²) in [6, 6.07) is 8.90. The fourth-order valence-corrected chi connectivity index (χ4v) is 4.50. The zero-order chi connectivity index (χ0) is 13.3. The van der Waals surface area contributed by atoms with E-state index >= 15 is 0 Å². The Morgan fingerprint density at radius 3 is 2.56 bits per heavy atom. The Morgan fingerprint density at radius 1 is 1.28 bits per heavy atom. The van der Waals surface area contributed by atoms with Gasteiger partial charge in [-0.1, -0.05) is 15.9 Å². The predicted molar refractivity (Wildman–Crippen MR) is 94.5 cm³/mol. The van der Waals surface area contributed by atoms with Crippen LogP contribution in [-0.4, -0.2) is 7.05 Å². The molecule has 1 unspecified atom stereocenters. The maximum Gasteiger partial charge on any atom is 0.0731 e. The van der Waals surface area contributed by atoms with E-state index in [9.17, 15) is 0 Å². The van der Waals surface area contributed by atoms with Crippen molar-refractivity contribution in [2.75, 3.05) is 7.05 Å². The summed E-state index contributed by atoms with van der Waals surface area (Å²) < 4.78 is 3.60. The largest absolute Gasteiger partial charge is 0.309 e. The highest BCUT2D eigenvalue weighted by Crippen LogP contribution is 2.36. The number of hydrogen-bond donors (Lipinski definition) is 1. The third kappa shape index (κ3) is 3.17. The summed E-state index contributed by atoms with van der Waals surface area (Å²) in [6.07, 6.45) is 0. The molecule has 1 N–H and O–H groups in total. The Bertz CT molecular complexity index is 549. The molecule has 96 valence electrons. The molecule has 1 aromatic carbocycles. The minimum Gasteiger partial charge on any atom is -0.309 e. The van der Waals surface area contributed by atoms with E-state index in [1.54, 1.807) is 11.3 Å². The highest BCUT2D eigenvalue weighted by molar-refractivity contribution is 14.1. The zero-order valence-electron chi connectivity index (χ0n) is 9.93. The van der Waals surface area contributed by atoms with E-state index in [4.69, 9.17) is 0 Å². The number of rotatable bonds is 3. The molecule has 0 aliphatic carbocycles. The van der Waals surface area contributed by atoms with Crippen molar-refractivity contribution >= 4 is 65.8 Å². The van der Waals surface area contributed by atoms with Crippen molar-refractivity contribution < 1.29 is 0 Å². The molecule has 0 aliphatic heterocycles. The Hall–Kier alpha value is 0.570. The highest BCUT2D eigenvalue weighted by atomic mass is 127. The first-order chi connectivity index (χ1) is 8.52. The lowest BCUT2D eigenvalue weighted by molar-refractivity contribution is 0.700. The third-order valence-electron chi connectivity index (χ3n) is 2.72. The van der Waals surface area contributed by atoms with Gasteiger partial charge in [0.05, 0.1) is 9.83 Å². The number of hydrogen-bond acceptors (Lipinski definition) is 2. The maximum atomic E-state index is 3.64. The number of benzene rings is 1. The van der Waals surface area contributed by atoms with Crippen LogP contribution >= 0.6 is 65.8 Å². The first-order valence-electron chi connectivity index (χ1n) is 5.41. The number of halogens is 3. The van der Waals surface area contributed by atoms with Gasteiger partial charge in [-0.15, -0.1) is 11.3 Å². The molecular weight excluding hydrogens is 489 g/mol. The van der Waals surface area contributed by atoms with Gasteiger partial charge in [-0.05, 0) is 87.9 Å². The van der Waals surface area contributed by atoms with E-state index in [1.165, 1.54) is 23.4 Å². The fourth-order valence-electron chi connectivity index (χ4n) is 1.81. The summed E-state index contributed by atoms with van der Waals surface area (Å²) >= 11 is 11.4. The summed E-state index contributed by atoms with van der Waals surface area (Å²) in [5.74, 6) is 0. The van der Waals surface area contributed by atoms with Crippen LogP contribution in [0.4, 0.5) is 0 Å². The van der Waals surface area contributed by atoms with Crippen LogP contribution < -0.4 is 5.32 Å². The highest BCUT2D eigenvalue weighted by Gasteiger charge is 2.18. The molecule has 2 rings (SSSR count). The van der Waals surface area contributed by atoms with Crippen molar-refractivity contribution in [1.29, 1.82) is 0 Å². The Kier molecular flexibility index (Phi) is 5.28. The van der Waals surface area contributed by atoms with Crippen LogP contribution in [0.15, 0.2) is 32.5 Å². The minimum absolute atomic E-state index is 0.226. The summed E-state index contributed by atoms with van der Waals surface area (Å²) in [6.45, 7) is 2.13. The average molecular weight is 501 g/mol. The number of thiophene rings is 1. The van der Waals surface area contributed by atoms with Gasteiger partial charge in [0.2, 0.25) is 0 Å². The van der Waals surface area contributed by atoms with E-state index in [0.29, 0.717) is 0 Å². The molecule has 0 fully saturated rings.